The van der Waals surface area contributed by atoms with E-state index in [1.807, 2.05) is 12.1 Å². The summed E-state index contributed by atoms with van der Waals surface area (Å²) >= 11 is 0. The summed E-state index contributed by atoms with van der Waals surface area (Å²) in [5.74, 6) is -0.692. The first-order chi connectivity index (χ1) is 11.8. The van der Waals surface area contributed by atoms with Crippen molar-refractivity contribution in [2.45, 2.75) is 24.3 Å². The molecule has 134 valence electrons. The van der Waals surface area contributed by atoms with Crippen LogP contribution in [0.1, 0.15) is 17.5 Å². The van der Waals surface area contributed by atoms with Crippen LogP contribution in [-0.4, -0.2) is 32.7 Å². The topological polar surface area (TPSA) is 37.4 Å². The van der Waals surface area contributed by atoms with Crippen LogP contribution in [0.15, 0.2) is 47.4 Å². The highest BCUT2D eigenvalue weighted by Gasteiger charge is 2.23. The summed E-state index contributed by atoms with van der Waals surface area (Å²) in [7, 11) is -3.17. The maximum Gasteiger partial charge on any atom is 0.175 e. The third-order valence-electron chi connectivity index (χ3n) is 4.57. The van der Waals surface area contributed by atoms with E-state index in [-0.39, 0.29) is 0 Å². The molecule has 1 aliphatic heterocycles. The van der Waals surface area contributed by atoms with Crippen molar-refractivity contribution in [1.82, 2.24) is 4.90 Å². The van der Waals surface area contributed by atoms with Gasteiger partial charge in [-0.3, -0.25) is 4.90 Å². The van der Waals surface area contributed by atoms with Crippen LogP contribution in [-0.2, 0) is 22.8 Å². The van der Waals surface area contributed by atoms with Gasteiger partial charge >= 0.3 is 0 Å². The molecule has 0 amide bonds. The predicted octanol–water partition coefficient (Wildman–Crippen LogP) is 3.43. The molecular weight excluding hydrogens is 344 g/mol. The van der Waals surface area contributed by atoms with Crippen LogP contribution < -0.4 is 0 Å². The van der Waals surface area contributed by atoms with Crippen molar-refractivity contribution in [3.63, 3.8) is 0 Å². The van der Waals surface area contributed by atoms with Gasteiger partial charge in [0.2, 0.25) is 0 Å². The van der Waals surface area contributed by atoms with E-state index >= 15 is 0 Å². The fourth-order valence-electron chi connectivity index (χ4n) is 3.39. The Morgan fingerprint density at radius 3 is 2.28 bits per heavy atom. The first-order valence-corrected chi connectivity index (χ1v) is 10.1. The molecule has 3 rings (SSSR count). The van der Waals surface area contributed by atoms with Gasteiger partial charge in [0.1, 0.15) is 11.6 Å². The number of sulfone groups is 1. The summed E-state index contributed by atoms with van der Waals surface area (Å²) in [5.41, 5.74) is 1.76. The monoisotopic (exact) mass is 365 g/mol. The molecule has 0 radical (unpaired) electrons. The van der Waals surface area contributed by atoms with E-state index < -0.39 is 21.5 Å². The van der Waals surface area contributed by atoms with E-state index in [9.17, 15) is 17.2 Å². The van der Waals surface area contributed by atoms with Gasteiger partial charge in [0, 0.05) is 25.4 Å². The van der Waals surface area contributed by atoms with Crippen LogP contribution in [0.4, 0.5) is 8.78 Å². The number of halogens is 2. The van der Waals surface area contributed by atoms with Crippen molar-refractivity contribution in [2.75, 3.05) is 19.3 Å². The van der Waals surface area contributed by atoms with Gasteiger partial charge in [0.15, 0.2) is 9.84 Å². The molecule has 1 aliphatic rings. The van der Waals surface area contributed by atoms with Gasteiger partial charge in [-0.2, -0.15) is 0 Å². The van der Waals surface area contributed by atoms with Crippen LogP contribution in [0.2, 0.25) is 0 Å². The molecule has 1 atom stereocenters. The molecule has 25 heavy (non-hydrogen) atoms. The third kappa shape index (κ3) is 4.86. The summed E-state index contributed by atoms with van der Waals surface area (Å²) < 4.78 is 49.6. The lowest BCUT2D eigenvalue weighted by atomic mass is 9.98. The quantitative estimate of drug-likeness (QED) is 0.815. The second kappa shape index (κ2) is 7.22. The molecule has 0 aliphatic carbocycles. The average Bonchev–Trinajstić information content (AvgIpc) is 2.93. The van der Waals surface area contributed by atoms with Crippen LogP contribution in [0, 0.1) is 17.6 Å². The summed E-state index contributed by atoms with van der Waals surface area (Å²) in [4.78, 5) is 2.61. The Balaban J connectivity index is 1.58. The first-order valence-electron chi connectivity index (χ1n) is 8.26. The Bertz CT molecular complexity index is 830. The first kappa shape index (κ1) is 18.0. The van der Waals surface area contributed by atoms with Crippen molar-refractivity contribution in [1.29, 1.82) is 0 Å². The summed E-state index contributed by atoms with van der Waals surface area (Å²) in [6, 6.07) is 10.6. The number of hydrogen-bond donors (Lipinski definition) is 0. The van der Waals surface area contributed by atoms with E-state index in [0.29, 0.717) is 22.8 Å². The highest BCUT2D eigenvalue weighted by Crippen LogP contribution is 2.23. The van der Waals surface area contributed by atoms with E-state index in [4.69, 9.17) is 0 Å². The Morgan fingerprint density at radius 2 is 1.68 bits per heavy atom. The molecule has 1 saturated heterocycles. The van der Waals surface area contributed by atoms with Crippen molar-refractivity contribution in [3.05, 3.63) is 65.2 Å². The maximum absolute atomic E-state index is 13.3. The normalized spacial score (nSPS) is 18.6. The Morgan fingerprint density at radius 1 is 1.04 bits per heavy atom. The van der Waals surface area contributed by atoms with Gasteiger partial charge < -0.3 is 0 Å². The van der Waals surface area contributed by atoms with Crippen LogP contribution in [0.5, 0.6) is 0 Å². The Hall–Kier alpha value is -1.79. The van der Waals surface area contributed by atoms with Gasteiger partial charge in [0.25, 0.3) is 0 Å². The van der Waals surface area contributed by atoms with Crippen molar-refractivity contribution >= 4 is 9.84 Å². The zero-order chi connectivity index (χ0) is 18.0. The smallest absolute Gasteiger partial charge is 0.175 e. The number of likely N-dealkylation sites (tertiary alicyclic amines) is 1. The zero-order valence-corrected chi connectivity index (χ0v) is 14.9. The minimum atomic E-state index is -3.17. The lowest BCUT2D eigenvalue weighted by Gasteiger charge is -2.16. The molecule has 0 saturated carbocycles. The fourth-order valence-corrected chi connectivity index (χ4v) is 4.02. The van der Waals surface area contributed by atoms with E-state index in [2.05, 4.69) is 4.90 Å². The summed E-state index contributed by atoms with van der Waals surface area (Å²) in [6.45, 7) is 2.54. The minimum Gasteiger partial charge on any atom is -0.299 e. The molecule has 6 heteroatoms. The van der Waals surface area contributed by atoms with Gasteiger partial charge in [-0.1, -0.05) is 12.1 Å². The minimum absolute atomic E-state index is 0.323. The Kier molecular flexibility index (Phi) is 5.20. The van der Waals surface area contributed by atoms with Crippen LogP contribution >= 0.6 is 0 Å². The maximum atomic E-state index is 13.3. The second-order valence-corrected chi connectivity index (χ2v) is 8.80. The summed E-state index contributed by atoms with van der Waals surface area (Å²) in [6.07, 6.45) is 2.85. The van der Waals surface area contributed by atoms with Gasteiger partial charge in [-0.05, 0) is 60.7 Å². The molecule has 2 aromatic carbocycles. The lowest BCUT2D eigenvalue weighted by Crippen LogP contribution is -2.20. The third-order valence-corrected chi connectivity index (χ3v) is 5.70. The second-order valence-electron chi connectivity index (χ2n) is 6.79. The van der Waals surface area contributed by atoms with Gasteiger partial charge in [0.05, 0.1) is 4.90 Å². The Labute approximate surface area is 147 Å². The zero-order valence-electron chi connectivity index (χ0n) is 14.1. The molecule has 0 N–H and O–H groups in total. The van der Waals surface area contributed by atoms with Gasteiger partial charge in [-0.15, -0.1) is 0 Å². The lowest BCUT2D eigenvalue weighted by molar-refractivity contribution is 0.316. The molecule has 3 nitrogen and oxygen atoms in total. The van der Waals surface area contributed by atoms with E-state index in [1.165, 1.54) is 18.4 Å². The SMILES string of the molecule is CS(=O)(=O)c1ccc(CN2CCC(Cc3cc(F)cc(F)c3)C2)cc1. The van der Waals surface area contributed by atoms with Crippen molar-refractivity contribution in [2.24, 2.45) is 5.92 Å². The standard InChI is InChI=1S/C19H21F2NO2S/c1-25(23,24)19-4-2-14(3-5-19)12-22-7-6-15(13-22)8-16-9-17(20)11-18(21)10-16/h2-5,9-11,15H,6-8,12-13H2,1H3. The predicted molar refractivity (Wildman–Crippen MR) is 93.0 cm³/mol. The summed E-state index contributed by atoms with van der Waals surface area (Å²) in [5, 5.41) is 0. The van der Waals surface area contributed by atoms with Crippen molar-refractivity contribution in [3.8, 4) is 0 Å². The number of benzene rings is 2. The number of hydrogen-bond acceptors (Lipinski definition) is 3. The number of nitrogens with zero attached hydrogens (tertiary/aromatic N) is 1. The molecule has 1 heterocycles. The number of rotatable bonds is 5. The van der Waals surface area contributed by atoms with Crippen molar-refractivity contribution < 1.29 is 17.2 Å². The van der Waals surface area contributed by atoms with Gasteiger partial charge in [-0.25, -0.2) is 17.2 Å². The highest BCUT2D eigenvalue weighted by atomic mass is 32.2. The molecule has 1 unspecified atom stereocenters. The van der Waals surface area contributed by atoms with E-state index in [0.717, 1.165) is 37.7 Å². The van der Waals surface area contributed by atoms with Crippen LogP contribution in [0.3, 0.4) is 0 Å². The van der Waals surface area contributed by atoms with Crippen LogP contribution in [0.25, 0.3) is 0 Å². The average molecular weight is 365 g/mol. The fraction of sp³-hybridized carbons (Fsp3) is 0.368. The molecular formula is C19H21F2NO2S. The molecule has 0 spiro atoms. The largest absolute Gasteiger partial charge is 0.299 e. The van der Waals surface area contributed by atoms with E-state index in [1.54, 1.807) is 12.1 Å². The highest BCUT2D eigenvalue weighted by molar-refractivity contribution is 7.90. The molecule has 1 fully saturated rings. The molecule has 0 aromatic heterocycles. The molecule has 2 aromatic rings. The molecule has 0 bridgehead atoms.